The molecule has 0 aliphatic heterocycles. The molecule has 0 spiro atoms. The van der Waals surface area contributed by atoms with Crippen LogP contribution in [-0.2, 0) is 4.79 Å². The summed E-state index contributed by atoms with van der Waals surface area (Å²) >= 11 is 1.16. The number of amides is 3. The van der Waals surface area contributed by atoms with Crippen LogP contribution in [-0.4, -0.2) is 43.8 Å². The fourth-order valence-electron chi connectivity index (χ4n) is 1.84. The number of hydrogen-bond donors (Lipinski definition) is 2. The van der Waals surface area contributed by atoms with Crippen LogP contribution in [0.3, 0.4) is 0 Å². The molecule has 2 N–H and O–H groups in total. The van der Waals surface area contributed by atoms with Crippen LogP contribution in [0.4, 0.5) is 4.79 Å². The van der Waals surface area contributed by atoms with Gasteiger partial charge in [0, 0.05) is 17.9 Å². The number of aryl methyl sites for hydroxylation is 2. The highest BCUT2D eigenvalue weighted by Crippen LogP contribution is 2.14. The molecule has 0 aromatic carbocycles. The summed E-state index contributed by atoms with van der Waals surface area (Å²) in [4.78, 5) is 31.8. The summed E-state index contributed by atoms with van der Waals surface area (Å²) in [6.07, 6.45) is 0. The van der Waals surface area contributed by atoms with Crippen LogP contribution in [0.25, 0.3) is 5.78 Å². The van der Waals surface area contributed by atoms with Crippen molar-refractivity contribution in [1.82, 2.24) is 30.2 Å². The van der Waals surface area contributed by atoms with E-state index in [1.54, 1.807) is 4.52 Å². The van der Waals surface area contributed by atoms with Gasteiger partial charge in [-0.25, -0.2) is 14.3 Å². The van der Waals surface area contributed by atoms with Crippen LogP contribution >= 0.6 is 11.8 Å². The van der Waals surface area contributed by atoms with E-state index in [1.807, 2.05) is 33.8 Å². The Bertz CT molecular complexity index is 727. The second kappa shape index (κ2) is 7.40. The van der Waals surface area contributed by atoms with Crippen molar-refractivity contribution < 1.29 is 9.59 Å². The zero-order valence-corrected chi connectivity index (χ0v) is 14.4. The average Bonchev–Trinajstić information content (AvgIpc) is 2.86. The first-order chi connectivity index (χ1) is 10.8. The van der Waals surface area contributed by atoms with Gasteiger partial charge in [0.05, 0.1) is 5.75 Å². The summed E-state index contributed by atoms with van der Waals surface area (Å²) < 4.78 is 1.63. The minimum atomic E-state index is -0.486. The molecule has 124 valence electrons. The molecule has 0 bridgehead atoms. The van der Waals surface area contributed by atoms with Gasteiger partial charge in [-0.1, -0.05) is 25.6 Å². The quantitative estimate of drug-likeness (QED) is 0.799. The molecule has 0 saturated carbocycles. The van der Waals surface area contributed by atoms with Gasteiger partial charge in [0.2, 0.25) is 11.1 Å². The second-order valence-corrected chi connectivity index (χ2v) is 6.53. The van der Waals surface area contributed by atoms with E-state index in [2.05, 4.69) is 25.7 Å². The molecule has 2 aromatic rings. The number of nitrogens with zero attached hydrogens (tertiary/aromatic N) is 4. The maximum absolute atomic E-state index is 11.7. The average molecular weight is 336 g/mol. The van der Waals surface area contributed by atoms with Crippen molar-refractivity contribution in [3.05, 3.63) is 17.5 Å². The van der Waals surface area contributed by atoms with Gasteiger partial charge in [-0.05, 0) is 25.8 Å². The fourth-order valence-corrected chi connectivity index (χ4v) is 2.46. The summed E-state index contributed by atoms with van der Waals surface area (Å²) in [5.74, 6) is 0.493. The molecule has 23 heavy (non-hydrogen) atoms. The molecule has 8 nitrogen and oxygen atoms in total. The SMILES string of the molecule is Cc1cc(C)n2nc(SCC(=O)NC(=O)NCC(C)C)nc2n1. The Morgan fingerprint density at radius 1 is 1.30 bits per heavy atom. The lowest BCUT2D eigenvalue weighted by molar-refractivity contribution is -0.117. The van der Waals surface area contributed by atoms with Crippen molar-refractivity contribution in [2.75, 3.05) is 12.3 Å². The zero-order valence-electron chi connectivity index (χ0n) is 13.6. The third kappa shape index (κ3) is 4.92. The number of urea groups is 1. The van der Waals surface area contributed by atoms with E-state index in [0.29, 0.717) is 23.4 Å². The number of fused-ring (bicyclic) bond motifs is 1. The van der Waals surface area contributed by atoms with Crippen LogP contribution in [0, 0.1) is 19.8 Å². The summed E-state index contributed by atoms with van der Waals surface area (Å²) in [6.45, 7) is 8.27. The molecular weight excluding hydrogens is 316 g/mol. The van der Waals surface area contributed by atoms with E-state index in [9.17, 15) is 9.59 Å². The standard InChI is InChI=1S/C14H20N6O2S/c1-8(2)6-15-13(22)17-11(21)7-23-14-18-12-16-9(3)5-10(4)20(12)19-14/h5,8H,6-7H2,1-4H3,(H2,15,17,21,22). The first-order valence-corrected chi connectivity index (χ1v) is 8.25. The molecule has 0 aliphatic rings. The normalized spacial score (nSPS) is 11.0. The summed E-state index contributed by atoms with van der Waals surface area (Å²) in [5, 5.41) is 9.63. The fraction of sp³-hybridized carbons (Fsp3) is 0.500. The molecule has 0 saturated heterocycles. The molecule has 0 radical (unpaired) electrons. The topological polar surface area (TPSA) is 101 Å². The monoisotopic (exact) mass is 336 g/mol. The maximum Gasteiger partial charge on any atom is 0.321 e. The number of rotatable bonds is 5. The van der Waals surface area contributed by atoms with Gasteiger partial charge in [-0.2, -0.15) is 4.98 Å². The van der Waals surface area contributed by atoms with E-state index in [-0.39, 0.29) is 5.75 Å². The Balaban J connectivity index is 1.89. The predicted octanol–water partition coefficient (Wildman–Crippen LogP) is 1.32. The lowest BCUT2D eigenvalue weighted by atomic mass is 10.2. The highest BCUT2D eigenvalue weighted by Gasteiger charge is 2.12. The number of thioether (sulfide) groups is 1. The maximum atomic E-state index is 11.7. The number of nitrogens with one attached hydrogen (secondary N) is 2. The number of aromatic nitrogens is 4. The molecule has 2 rings (SSSR count). The molecule has 0 atom stereocenters. The number of carbonyl (C=O) groups is 2. The summed E-state index contributed by atoms with van der Waals surface area (Å²) in [5.41, 5.74) is 1.78. The molecule has 9 heteroatoms. The molecule has 0 aliphatic carbocycles. The molecule has 2 heterocycles. The van der Waals surface area contributed by atoms with Gasteiger partial charge < -0.3 is 5.32 Å². The second-order valence-electron chi connectivity index (χ2n) is 5.59. The molecule has 3 amide bonds. The van der Waals surface area contributed by atoms with E-state index in [1.165, 1.54) is 0 Å². The number of hydrogen-bond acceptors (Lipinski definition) is 6. The van der Waals surface area contributed by atoms with Crippen molar-refractivity contribution in [3.63, 3.8) is 0 Å². The molecule has 0 fully saturated rings. The zero-order chi connectivity index (χ0) is 17.0. The van der Waals surface area contributed by atoms with Crippen LogP contribution < -0.4 is 10.6 Å². The van der Waals surface area contributed by atoms with Gasteiger partial charge >= 0.3 is 6.03 Å². The van der Waals surface area contributed by atoms with Gasteiger partial charge in [0.25, 0.3) is 5.78 Å². The Morgan fingerprint density at radius 2 is 2.04 bits per heavy atom. The van der Waals surface area contributed by atoms with Crippen molar-refractivity contribution in [2.24, 2.45) is 5.92 Å². The van der Waals surface area contributed by atoms with E-state index in [0.717, 1.165) is 23.1 Å². The van der Waals surface area contributed by atoms with E-state index >= 15 is 0 Å². The highest BCUT2D eigenvalue weighted by atomic mass is 32.2. The third-order valence-electron chi connectivity index (χ3n) is 2.86. The number of carbonyl (C=O) groups excluding carboxylic acids is 2. The first kappa shape index (κ1) is 17.2. The van der Waals surface area contributed by atoms with Gasteiger partial charge in [0.15, 0.2) is 0 Å². The Hall–Kier alpha value is -2.16. The van der Waals surface area contributed by atoms with E-state index in [4.69, 9.17) is 0 Å². The molecular formula is C14H20N6O2S. The van der Waals surface area contributed by atoms with Crippen molar-refractivity contribution in [3.8, 4) is 0 Å². The van der Waals surface area contributed by atoms with Crippen LogP contribution in [0.5, 0.6) is 0 Å². The number of imide groups is 1. The Labute approximate surface area is 138 Å². The predicted molar refractivity (Wildman–Crippen MR) is 87.4 cm³/mol. The van der Waals surface area contributed by atoms with Crippen LogP contribution in [0.1, 0.15) is 25.2 Å². The summed E-state index contributed by atoms with van der Waals surface area (Å²) in [6, 6.07) is 1.42. The van der Waals surface area contributed by atoms with Gasteiger partial charge in [-0.3, -0.25) is 10.1 Å². The van der Waals surface area contributed by atoms with Crippen LogP contribution in [0.15, 0.2) is 11.2 Å². The highest BCUT2D eigenvalue weighted by molar-refractivity contribution is 7.99. The Morgan fingerprint density at radius 3 is 2.74 bits per heavy atom. The minimum absolute atomic E-state index is 0.0595. The van der Waals surface area contributed by atoms with Crippen molar-refractivity contribution >= 4 is 29.5 Å². The largest absolute Gasteiger partial charge is 0.338 e. The smallest absolute Gasteiger partial charge is 0.321 e. The molecule has 2 aromatic heterocycles. The van der Waals surface area contributed by atoms with Crippen molar-refractivity contribution in [1.29, 1.82) is 0 Å². The summed E-state index contributed by atoms with van der Waals surface area (Å²) in [7, 11) is 0. The lowest BCUT2D eigenvalue weighted by Crippen LogP contribution is -2.41. The first-order valence-electron chi connectivity index (χ1n) is 7.26. The van der Waals surface area contributed by atoms with Crippen LogP contribution in [0.2, 0.25) is 0 Å². The van der Waals surface area contributed by atoms with E-state index < -0.39 is 11.9 Å². The van der Waals surface area contributed by atoms with Crippen molar-refractivity contribution in [2.45, 2.75) is 32.9 Å². The minimum Gasteiger partial charge on any atom is -0.338 e. The van der Waals surface area contributed by atoms with Gasteiger partial charge in [0.1, 0.15) is 0 Å². The lowest BCUT2D eigenvalue weighted by Gasteiger charge is -2.07. The van der Waals surface area contributed by atoms with Gasteiger partial charge in [-0.15, -0.1) is 5.10 Å². The molecule has 0 unspecified atom stereocenters. The Kier molecular flexibility index (Phi) is 5.54. The third-order valence-corrected chi connectivity index (χ3v) is 3.69.